The van der Waals surface area contributed by atoms with E-state index in [-0.39, 0.29) is 0 Å². The van der Waals surface area contributed by atoms with Crippen molar-refractivity contribution in [2.75, 3.05) is 0 Å². The number of hydrogen-bond donors (Lipinski definition) is 0. The molecule has 0 aliphatic rings. The zero-order valence-corrected chi connectivity index (χ0v) is 22.9. The highest BCUT2D eigenvalue weighted by molar-refractivity contribution is 5.78. The number of aromatic nitrogens is 3. The van der Waals surface area contributed by atoms with Crippen molar-refractivity contribution in [2.45, 2.75) is 0 Å². The molecule has 0 radical (unpaired) electrons. The standard InChI is InChI=1S/C39H27N3/c1-5-14-28(15-6-1)36-24-32(25-37(41-36)29-16-7-2-8-17-29)34-22-13-23-35(40-34)33-26-38(30-18-9-3-10-19-30)42-39(27-33)31-20-11-4-12-21-31/h1-27H. The van der Waals surface area contributed by atoms with Crippen LogP contribution in [-0.2, 0) is 0 Å². The summed E-state index contributed by atoms with van der Waals surface area (Å²) in [6.45, 7) is 0. The summed E-state index contributed by atoms with van der Waals surface area (Å²) in [7, 11) is 0. The van der Waals surface area contributed by atoms with Gasteiger partial charge in [0.2, 0.25) is 0 Å². The minimum Gasteiger partial charge on any atom is -0.248 e. The molecule has 42 heavy (non-hydrogen) atoms. The summed E-state index contributed by atoms with van der Waals surface area (Å²) in [6.07, 6.45) is 0. The van der Waals surface area contributed by atoms with Crippen LogP contribution in [0.4, 0.5) is 0 Å². The Morgan fingerprint density at radius 1 is 0.214 bits per heavy atom. The predicted octanol–water partition coefficient (Wildman–Crippen LogP) is 9.87. The Hall–Kier alpha value is -5.67. The third-order valence-corrected chi connectivity index (χ3v) is 7.27. The highest BCUT2D eigenvalue weighted by Crippen LogP contribution is 2.33. The van der Waals surface area contributed by atoms with Crippen LogP contribution in [0, 0.1) is 0 Å². The minimum absolute atomic E-state index is 0.892. The molecule has 7 aromatic rings. The molecule has 3 heteroatoms. The Morgan fingerprint density at radius 2 is 0.476 bits per heavy atom. The van der Waals surface area contributed by atoms with Crippen LogP contribution in [0.3, 0.4) is 0 Å². The molecule has 0 spiro atoms. The average molecular weight is 538 g/mol. The summed E-state index contributed by atoms with van der Waals surface area (Å²) in [5.74, 6) is 0. The van der Waals surface area contributed by atoms with Crippen molar-refractivity contribution in [3.05, 3.63) is 164 Å². The van der Waals surface area contributed by atoms with Gasteiger partial charge in [0.05, 0.1) is 34.2 Å². The summed E-state index contributed by atoms with van der Waals surface area (Å²) >= 11 is 0. The predicted molar refractivity (Wildman–Crippen MR) is 172 cm³/mol. The van der Waals surface area contributed by atoms with Crippen LogP contribution < -0.4 is 0 Å². The topological polar surface area (TPSA) is 38.7 Å². The summed E-state index contributed by atoms with van der Waals surface area (Å²) in [5.41, 5.74) is 11.8. The highest BCUT2D eigenvalue weighted by atomic mass is 14.8. The molecule has 7 rings (SSSR count). The zero-order valence-electron chi connectivity index (χ0n) is 22.9. The van der Waals surface area contributed by atoms with Gasteiger partial charge in [-0.1, -0.05) is 127 Å². The van der Waals surface area contributed by atoms with Crippen molar-refractivity contribution in [1.29, 1.82) is 0 Å². The van der Waals surface area contributed by atoms with E-state index in [0.717, 1.165) is 67.5 Å². The van der Waals surface area contributed by atoms with E-state index in [1.807, 2.05) is 72.8 Å². The second-order valence-electron chi connectivity index (χ2n) is 10.1. The molecular formula is C39H27N3. The van der Waals surface area contributed by atoms with E-state index in [4.69, 9.17) is 15.0 Å². The van der Waals surface area contributed by atoms with Gasteiger partial charge < -0.3 is 0 Å². The molecule has 0 atom stereocenters. The van der Waals surface area contributed by atoms with Crippen molar-refractivity contribution in [1.82, 2.24) is 15.0 Å². The summed E-state index contributed by atoms with van der Waals surface area (Å²) < 4.78 is 0. The summed E-state index contributed by atoms with van der Waals surface area (Å²) in [4.78, 5) is 15.3. The first kappa shape index (κ1) is 25.3. The quantitative estimate of drug-likeness (QED) is 0.212. The molecule has 4 aromatic carbocycles. The lowest BCUT2D eigenvalue weighted by atomic mass is 10.0. The molecule has 0 N–H and O–H groups in total. The Balaban J connectivity index is 1.37. The molecule has 3 aromatic heterocycles. The van der Waals surface area contributed by atoms with Gasteiger partial charge in [0.15, 0.2) is 0 Å². The highest BCUT2D eigenvalue weighted by Gasteiger charge is 2.13. The van der Waals surface area contributed by atoms with Crippen LogP contribution in [0.25, 0.3) is 67.5 Å². The fraction of sp³-hybridized carbons (Fsp3) is 0. The molecule has 3 nitrogen and oxygen atoms in total. The van der Waals surface area contributed by atoms with Crippen molar-refractivity contribution in [3.63, 3.8) is 0 Å². The van der Waals surface area contributed by atoms with Gasteiger partial charge >= 0.3 is 0 Å². The van der Waals surface area contributed by atoms with Gasteiger partial charge in [-0.15, -0.1) is 0 Å². The van der Waals surface area contributed by atoms with Crippen molar-refractivity contribution in [3.8, 4) is 67.5 Å². The van der Waals surface area contributed by atoms with Crippen molar-refractivity contribution >= 4 is 0 Å². The molecule has 0 unspecified atom stereocenters. The third kappa shape index (κ3) is 5.36. The Kier molecular flexibility index (Phi) is 6.89. The van der Waals surface area contributed by atoms with Crippen LogP contribution in [0.1, 0.15) is 0 Å². The normalized spacial score (nSPS) is 10.9. The third-order valence-electron chi connectivity index (χ3n) is 7.27. The number of benzene rings is 4. The smallest absolute Gasteiger partial charge is 0.0716 e. The average Bonchev–Trinajstić information content (AvgIpc) is 3.09. The molecule has 0 saturated heterocycles. The van der Waals surface area contributed by atoms with Gasteiger partial charge in [-0.2, -0.15) is 0 Å². The molecule has 0 aliphatic carbocycles. The first-order valence-corrected chi connectivity index (χ1v) is 14.0. The van der Waals surface area contributed by atoms with Gasteiger partial charge in [-0.25, -0.2) is 15.0 Å². The van der Waals surface area contributed by atoms with E-state index in [0.29, 0.717) is 0 Å². The van der Waals surface area contributed by atoms with Gasteiger partial charge in [-0.3, -0.25) is 0 Å². The molecule has 0 bridgehead atoms. The Bertz CT molecular complexity index is 1700. The number of rotatable bonds is 6. The molecule has 0 aliphatic heterocycles. The van der Waals surface area contributed by atoms with Gasteiger partial charge in [-0.05, 0) is 36.4 Å². The van der Waals surface area contributed by atoms with Gasteiger partial charge in [0.25, 0.3) is 0 Å². The van der Waals surface area contributed by atoms with Crippen molar-refractivity contribution in [2.24, 2.45) is 0 Å². The monoisotopic (exact) mass is 537 g/mol. The van der Waals surface area contributed by atoms with Crippen LogP contribution in [0.5, 0.6) is 0 Å². The molecule has 0 amide bonds. The van der Waals surface area contributed by atoms with E-state index >= 15 is 0 Å². The second-order valence-corrected chi connectivity index (χ2v) is 10.1. The molecular weight excluding hydrogens is 510 g/mol. The van der Waals surface area contributed by atoms with E-state index in [1.165, 1.54) is 0 Å². The largest absolute Gasteiger partial charge is 0.248 e. The number of hydrogen-bond acceptors (Lipinski definition) is 3. The maximum Gasteiger partial charge on any atom is 0.0716 e. The fourth-order valence-electron chi connectivity index (χ4n) is 5.14. The first-order valence-electron chi connectivity index (χ1n) is 14.0. The second kappa shape index (κ2) is 11.4. The van der Waals surface area contributed by atoms with E-state index in [2.05, 4.69) is 91.0 Å². The van der Waals surface area contributed by atoms with E-state index in [9.17, 15) is 0 Å². The maximum absolute atomic E-state index is 5.20. The van der Waals surface area contributed by atoms with Crippen LogP contribution in [0.2, 0.25) is 0 Å². The number of pyridine rings is 3. The van der Waals surface area contributed by atoms with E-state index < -0.39 is 0 Å². The Labute approximate surface area is 245 Å². The molecule has 0 fully saturated rings. The van der Waals surface area contributed by atoms with Gasteiger partial charge in [0, 0.05) is 33.4 Å². The minimum atomic E-state index is 0.892. The van der Waals surface area contributed by atoms with Crippen LogP contribution >= 0.6 is 0 Å². The van der Waals surface area contributed by atoms with E-state index in [1.54, 1.807) is 0 Å². The number of nitrogens with zero attached hydrogens (tertiary/aromatic N) is 3. The molecule has 0 saturated carbocycles. The molecule has 3 heterocycles. The van der Waals surface area contributed by atoms with Crippen LogP contribution in [0.15, 0.2) is 164 Å². The van der Waals surface area contributed by atoms with Crippen molar-refractivity contribution < 1.29 is 0 Å². The lowest BCUT2D eigenvalue weighted by Crippen LogP contribution is -1.95. The lowest BCUT2D eigenvalue weighted by molar-refractivity contribution is 1.27. The Morgan fingerprint density at radius 3 is 0.762 bits per heavy atom. The SMILES string of the molecule is c1ccc(-c2cc(-c3cccc(-c4cc(-c5ccccc5)nc(-c5ccccc5)c4)n3)cc(-c3ccccc3)n2)cc1. The summed E-state index contributed by atoms with van der Waals surface area (Å²) in [5, 5.41) is 0. The summed E-state index contributed by atoms with van der Waals surface area (Å²) in [6, 6.07) is 56.0. The first-order chi connectivity index (χ1) is 20.8. The fourth-order valence-corrected chi connectivity index (χ4v) is 5.14. The molecule has 198 valence electrons. The van der Waals surface area contributed by atoms with Gasteiger partial charge in [0.1, 0.15) is 0 Å². The maximum atomic E-state index is 5.20. The zero-order chi connectivity index (χ0) is 28.1. The lowest BCUT2D eigenvalue weighted by Gasteiger charge is -2.12. The van der Waals surface area contributed by atoms with Crippen LogP contribution in [-0.4, -0.2) is 15.0 Å².